The molecule has 0 saturated heterocycles. The number of carboxylic acid groups (broad SMARTS) is 1. The molecule has 118 valence electrons. The van der Waals surface area contributed by atoms with Crippen LogP contribution in [0.5, 0.6) is 0 Å². The fourth-order valence-electron chi connectivity index (χ4n) is 5.86. The number of rotatable bonds is 2. The third kappa shape index (κ3) is 2.26. The number of hydrogen-bond donors (Lipinski definition) is 1. The van der Waals surface area contributed by atoms with Gasteiger partial charge in [0, 0.05) is 0 Å². The molecule has 3 rings (SSSR count). The summed E-state index contributed by atoms with van der Waals surface area (Å²) in [5.74, 6) is 1.04. The molecule has 2 saturated carbocycles. The number of aliphatic carboxylic acids is 1. The molecule has 2 fully saturated rings. The van der Waals surface area contributed by atoms with E-state index >= 15 is 0 Å². The zero-order chi connectivity index (χ0) is 15.5. The van der Waals surface area contributed by atoms with Crippen LogP contribution in [-0.4, -0.2) is 11.1 Å². The van der Waals surface area contributed by atoms with Gasteiger partial charge in [0.1, 0.15) is 0 Å². The Morgan fingerprint density at radius 2 is 1.90 bits per heavy atom. The Kier molecular flexibility index (Phi) is 3.31. The van der Waals surface area contributed by atoms with Gasteiger partial charge in [-0.05, 0) is 74.0 Å². The van der Waals surface area contributed by atoms with Crippen LogP contribution in [0, 0.1) is 34.0 Å². The smallest absolute Gasteiger partial charge is 0.309 e. The van der Waals surface area contributed by atoms with Crippen molar-refractivity contribution in [1.82, 2.24) is 0 Å². The molecule has 5 unspecified atom stereocenters. The van der Waals surface area contributed by atoms with E-state index in [1.54, 1.807) is 0 Å². The predicted molar refractivity (Wildman–Crippen MR) is 84.9 cm³/mol. The maximum Gasteiger partial charge on any atom is 0.309 e. The lowest BCUT2D eigenvalue weighted by atomic mass is 9.52. The Balaban J connectivity index is 1.87. The summed E-state index contributed by atoms with van der Waals surface area (Å²) >= 11 is 0. The van der Waals surface area contributed by atoms with E-state index in [2.05, 4.69) is 32.9 Å². The van der Waals surface area contributed by atoms with E-state index in [4.69, 9.17) is 0 Å². The van der Waals surface area contributed by atoms with Gasteiger partial charge >= 0.3 is 5.97 Å². The number of allylic oxidation sites excluding steroid dienone is 2. The Hall–Kier alpha value is -0.790. The zero-order valence-corrected chi connectivity index (χ0v) is 14.0. The first kappa shape index (κ1) is 15.1. The summed E-state index contributed by atoms with van der Waals surface area (Å²) in [6.07, 6.45) is 11.9. The summed E-state index contributed by atoms with van der Waals surface area (Å²) in [5.41, 5.74) is -0.159. The quantitative estimate of drug-likeness (QED) is 0.735. The molecule has 2 nitrogen and oxygen atoms in total. The average molecular weight is 290 g/mol. The lowest BCUT2D eigenvalue weighted by Crippen LogP contribution is -2.49. The van der Waals surface area contributed by atoms with E-state index in [1.165, 1.54) is 25.7 Å². The third-order valence-corrected chi connectivity index (χ3v) is 6.91. The van der Waals surface area contributed by atoms with Crippen molar-refractivity contribution < 1.29 is 9.90 Å². The van der Waals surface area contributed by atoms with Crippen molar-refractivity contribution in [2.24, 2.45) is 34.0 Å². The van der Waals surface area contributed by atoms with Crippen molar-refractivity contribution in [3.8, 4) is 0 Å². The van der Waals surface area contributed by atoms with Gasteiger partial charge in [-0.15, -0.1) is 0 Å². The number of fused-ring (bicyclic) bond motifs is 2. The topological polar surface area (TPSA) is 37.3 Å². The van der Waals surface area contributed by atoms with E-state index in [1.807, 2.05) is 6.92 Å². The second kappa shape index (κ2) is 4.60. The molecule has 5 atom stereocenters. The van der Waals surface area contributed by atoms with Crippen molar-refractivity contribution >= 4 is 5.97 Å². The fraction of sp³-hybridized carbons (Fsp3) is 0.842. The van der Waals surface area contributed by atoms with Crippen LogP contribution in [0.2, 0.25) is 0 Å². The van der Waals surface area contributed by atoms with Gasteiger partial charge in [0.05, 0.1) is 5.41 Å². The van der Waals surface area contributed by atoms with Gasteiger partial charge < -0.3 is 5.11 Å². The molecule has 0 aromatic carbocycles. The Bertz CT molecular complexity index is 472. The number of carboxylic acids is 1. The summed E-state index contributed by atoms with van der Waals surface area (Å²) in [4.78, 5) is 12.1. The summed E-state index contributed by atoms with van der Waals surface area (Å²) in [6.45, 7) is 8.63. The Morgan fingerprint density at radius 1 is 1.19 bits per heavy atom. The molecule has 0 aromatic rings. The van der Waals surface area contributed by atoms with E-state index in [0.29, 0.717) is 11.3 Å². The minimum Gasteiger partial charge on any atom is -0.481 e. The largest absolute Gasteiger partial charge is 0.481 e. The van der Waals surface area contributed by atoms with Gasteiger partial charge in [-0.25, -0.2) is 0 Å². The van der Waals surface area contributed by atoms with Crippen molar-refractivity contribution in [3.63, 3.8) is 0 Å². The van der Waals surface area contributed by atoms with Crippen LogP contribution in [0.15, 0.2) is 12.2 Å². The molecule has 0 aromatic heterocycles. The van der Waals surface area contributed by atoms with Crippen LogP contribution in [0.3, 0.4) is 0 Å². The van der Waals surface area contributed by atoms with Crippen molar-refractivity contribution in [1.29, 1.82) is 0 Å². The van der Waals surface area contributed by atoms with Crippen LogP contribution in [0.25, 0.3) is 0 Å². The average Bonchev–Trinajstić information content (AvgIpc) is 2.98. The lowest BCUT2D eigenvalue weighted by Gasteiger charge is -2.51. The highest BCUT2D eigenvalue weighted by molar-refractivity contribution is 5.75. The molecule has 2 heteroatoms. The summed E-state index contributed by atoms with van der Waals surface area (Å²) in [7, 11) is 0. The summed E-state index contributed by atoms with van der Waals surface area (Å²) in [6, 6.07) is 0. The zero-order valence-electron chi connectivity index (χ0n) is 14.0. The van der Waals surface area contributed by atoms with Gasteiger partial charge in [-0.1, -0.05) is 32.9 Å². The normalized spacial score (nSPS) is 46.0. The van der Waals surface area contributed by atoms with E-state index in [-0.39, 0.29) is 11.3 Å². The first-order valence-electron chi connectivity index (χ1n) is 8.60. The van der Waals surface area contributed by atoms with Crippen LogP contribution in [0.4, 0.5) is 0 Å². The maximum absolute atomic E-state index is 12.1. The summed E-state index contributed by atoms with van der Waals surface area (Å²) < 4.78 is 0. The molecule has 0 amide bonds. The predicted octanol–water partition coefficient (Wildman–Crippen LogP) is 4.90. The molecule has 2 bridgehead atoms. The second-order valence-electron chi connectivity index (χ2n) is 9.21. The number of hydrogen-bond acceptors (Lipinski definition) is 1. The summed E-state index contributed by atoms with van der Waals surface area (Å²) in [5, 5.41) is 9.94. The van der Waals surface area contributed by atoms with Crippen molar-refractivity contribution in [2.45, 2.75) is 66.2 Å². The molecule has 21 heavy (non-hydrogen) atoms. The minimum absolute atomic E-state index is 0.0690. The molecule has 0 aliphatic heterocycles. The van der Waals surface area contributed by atoms with Crippen LogP contribution >= 0.6 is 0 Å². The fourth-order valence-corrected chi connectivity index (χ4v) is 5.86. The van der Waals surface area contributed by atoms with Gasteiger partial charge in [-0.3, -0.25) is 4.79 Å². The Labute approximate surface area is 129 Å². The SMILES string of the molecule is CC(C)(C)C1CCC(C23C=CC(CC2)C3)CC1(C)C(=O)O. The molecule has 1 N–H and O–H groups in total. The molecule has 0 spiro atoms. The van der Waals surface area contributed by atoms with Gasteiger partial charge in [0.25, 0.3) is 0 Å². The first-order valence-corrected chi connectivity index (χ1v) is 8.60. The van der Waals surface area contributed by atoms with Crippen molar-refractivity contribution in [2.75, 3.05) is 0 Å². The van der Waals surface area contributed by atoms with Gasteiger partial charge in [0.2, 0.25) is 0 Å². The highest BCUT2D eigenvalue weighted by Crippen LogP contribution is 2.61. The molecule has 3 aliphatic carbocycles. The van der Waals surface area contributed by atoms with Crippen LogP contribution < -0.4 is 0 Å². The highest BCUT2D eigenvalue weighted by atomic mass is 16.4. The molecular weight excluding hydrogens is 260 g/mol. The molecular formula is C19H30O2. The maximum atomic E-state index is 12.1. The lowest BCUT2D eigenvalue weighted by molar-refractivity contribution is -0.161. The first-order chi connectivity index (χ1) is 9.67. The van der Waals surface area contributed by atoms with Gasteiger partial charge in [-0.2, -0.15) is 0 Å². The Morgan fingerprint density at radius 3 is 2.33 bits per heavy atom. The highest BCUT2D eigenvalue weighted by Gasteiger charge is 2.55. The molecule has 3 aliphatic rings. The minimum atomic E-state index is -0.583. The van der Waals surface area contributed by atoms with E-state index in [9.17, 15) is 9.90 Å². The number of carbonyl (C=O) groups is 1. The molecule has 0 radical (unpaired) electrons. The van der Waals surface area contributed by atoms with Crippen molar-refractivity contribution in [3.05, 3.63) is 12.2 Å². The molecule has 0 heterocycles. The third-order valence-electron chi connectivity index (χ3n) is 6.91. The van der Waals surface area contributed by atoms with E-state index in [0.717, 1.165) is 18.8 Å². The standard InChI is InChI=1S/C19H30O2/c1-17(2,3)15-6-5-14(12-18(15,4)16(20)21)19-9-7-13(11-19)8-10-19/h7,9,13-15H,5-6,8,10-12H2,1-4H3,(H,20,21). The van der Waals surface area contributed by atoms with Crippen LogP contribution in [-0.2, 0) is 4.79 Å². The monoisotopic (exact) mass is 290 g/mol. The van der Waals surface area contributed by atoms with E-state index < -0.39 is 11.4 Å². The van der Waals surface area contributed by atoms with Crippen LogP contribution in [0.1, 0.15) is 66.2 Å². The van der Waals surface area contributed by atoms with Gasteiger partial charge in [0.15, 0.2) is 0 Å². The second-order valence-corrected chi connectivity index (χ2v) is 9.21.